The summed E-state index contributed by atoms with van der Waals surface area (Å²) in [6.45, 7) is 6.26. The summed E-state index contributed by atoms with van der Waals surface area (Å²) < 4.78 is 7.71. The van der Waals surface area contributed by atoms with Crippen LogP contribution in [0.15, 0.2) is 23.3 Å². The highest BCUT2D eigenvalue weighted by Crippen LogP contribution is 2.26. The SMILES string of the molecule is CCNC(=NCC1(N(C)C)CCOCC1)N(C)Cc1cccn1C.I. The molecule has 0 spiro atoms. The second kappa shape index (κ2) is 10.4. The molecular formula is C18H34IN5O. The van der Waals surface area contributed by atoms with Gasteiger partial charge in [-0.15, -0.1) is 24.0 Å². The molecule has 1 saturated heterocycles. The van der Waals surface area contributed by atoms with E-state index in [2.05, 4.69) is 73.1 Å². The summed E-state index contributed by atoms with van der Waals surface area (Å²) in [4.78, 5) is 9.48. The Hall–Kier alpha value is -0.800. The molecule has 144 valence electrons. The number of aromatic nitrogens is 1. The van der Waals surface area contributed by atoms with Gasteiger partial charge in [0.1, 0.15) is 0 Å². The van der Waals surface area contributed by atoms with Crippen LogP contribution in [0.5, 0.6) is 0 Å². The Morgan fingerprint density at radius 1 is 1.32 bits per heavy atom. The monoisotopic (exact) mass is 463 g/mol. The molecule has 1 aromatic rings. The van der Waals surface area contributed by atoms with Crippen LogP contribution >= 0.6 is 24.0 Å². The zero-order chi connectivity index (χ0) is 17.6. The first-order chi connectivity index (χ1) is 11.5. The number of aliphatic imine (C=N–C) groups is 1. The third-order valence-electron chi connectivity index (χ3n) is 5.04. The molecule has 2 rings (SSSR count). The number of likely N-dealkylation sites (N-methyl/N-ethyl adjacent to an activating group) is 1. The highest BCUT2D eigenvalue weighted by molar-refractivity contribution is 14.0. The Morgan fingerprint density at radius 2 is 2.00 bits per heavy atom. The number of ether oxygens (including phenoxy) is 1. The summed E-state index contributed by atoms with van der Waals surface area (Å²) in [5, 5.41) is 3.43. The van der Waals surface area contributed by atoms with Crippen LogP contribution in [0, 0.1) is 0 Å². The summed E-state index contributed by atoms with van der Waals surface area (Å²) in [5.74, 6) is 0.964. The van der Waals surface area contributed by atoms with Crippen LogP contribution < -0.4 is 5.32 Å². The quantitative estimate of drug-likeness (QED) is 0.399. The molecular weight excluding hydrogens is 429 g/mol. The fourth-order valence-electron chi connectivity index (χ4n) is 3.17. The van der Waals surface area contributed by atoms with Crippen LogP contribution in [0.1, 0.15) is 25.5 Å². The molecule has 1 fully saturated rings. The van der Waals surface area contributed by atoms with Crippen molar-refractivity contribution in [1.82, 2.24) is 19.7 Å². The Labute approximate surface area is 169 Å². The first-order valence-electron chi connectivity index (χ1n) is 8.83. The fraction of sp³-hybridized carbons (Fsp3) is 0.722. The maximum atomic E-state index is 5.56. The summed E-state index contributed by atoms with van der Waals surface area (Å²) in [7, 11) is 8.49. The predicted molar refractivity (Wildman–Crippen MR) is 115 cm³/mol. The van der Waals surface area contributed by atoms with E-state index in [1.165, 1.54) is 5.69 Å². The lowest BCUT2D eigenvalue weighted by atomic mass is 9.89. The maximum absolute atomic E-state index is 5.56. The van der Waals surface area contributed by atoms with E-state index in [4.69, 9.17) is 9.73 Å². The van der Waals surface area contributed by atoms with Crippen molar-refractivity contribution in [2.24, 2.45) is 12.0 Å². The topological polar surface area (TPSA) is 45.0 Å². The number of guanidine groups is 1. The van der Waals surface area contributed by atoms with Crippen LogP contribution in [0.25, 0.3) is 0 Å². The molecule has 0 aromatic carbocycles. The first kappa shape index (κ1) is 22.2. The molecule has 1 aliphatic heterocycles. The van der Waals surface area contributed by atoms with Crippen molar-refractivity contribution in [2.75, 3.05) is 47.4 Å². The molecule has 0 bridgehead atoms. The highest BCUT2D eigenvalue weighted by atomic mass is 127. The Kier molecular flexibility index (Phi) is 9.23. The van der Waals surface area contributed by atoms with Gasteiger partial charge in [-0.3, -0.25) is 4.99 Å². The van der Waals surface area contributed by atoms with Crippen LogP contribution in [0.4, 0.5) is 0 Å². The minimum Gasteiger partial charge on any atom is -0.381 e. The van der Waals surface area contributed by atoms with Gasteiger partial charge in [-0.25, -0.2) is 0 Å². The lowest BCUT2D eigenvalue weighted by Gasteiger charge is -2.42. The van der Waals surface area contributed by atoms with Gasteiger partial charge < -0.3 is 24.4 Å². The van der Waals surface area contributed by atoms with Crippen LogP contribution in [-0.2, 0) is 18.3 Å². The third kappa shape index (κ3) is 5.86. The largest absolute Gasteiger partial charge is 0.381 e. The molecule has 0 amide bonds. The number of hydrogen-bond donors (Lipinski definition) is 1. The Bertz CT molecular complexity index is 537. The van der Waals surface area contributed by atoms with Crippen molar-refractivity contribution in [3.8, 4) is 0 Å². The summed E-state index contributed by atoms with van der Waals surface area (Å²) in [6, 6.07) is 4.23. The van der Waals surface area contributed by atoms with Gasteiger partial charge in [-0.05, 0) is 46.0 Å². The minimum absolute atomic E-state index is 0. The average Bonchev–Trinajstić information content (AvgIpc) is 2.97. The van der Waals surface area contributed by atoms with E-state index in [-0.39, 0.29) is 29.5 Å². The van der Waals surface area contributed by atoms with E-state index in [0.29, 0.717) is 0 Å². The summed E-state index contributed by atoms with van der Waals surface area (Å²) in [5.41, 5.74) is 1.38. The van der Waals surface area contributed by atoms with E-state index >= 15 is 0 Å². The van der Waals surface area contributed by atoms with Gasteiger partial charge in [-0.1, -0.05) is 0 Å². The van der Waals surface area contributed by atoms with E-state index in [1.807, 2.05) is 0 Å². The van der Waals surface area contributed by atoms with Crippen molar-refractivity contribution in [3.63, 3.8) is 0 Å². The molecule has 0 unspecified atom stereocenters. The van der Waals surface area contributed by atoms with Gasteiger partial charge in [-0.2, -0.15) is 0 Å². The van der Waals surface area contributed by atoms with Crippen molar-refractivity contribution in [2.45, 2.75) is 31.8 Å². The van der Waals surface area contributed by atoms with Gasteiger partial charge in [0.05, 0.1) is 13.1 Å². The number of halogens is 1. The third-order valence-corrected chi connectivity index (χ3v) is 5.04. The van der Waals surface area contributed by atoms with Crippen molar-refractivity contribution >= 4 is 29.9 Å². The minimum atomic E-state index is 0. The molecule has 25 heavy (non-hydrogen) atoms. The Morgan fingerprint density at radius 3 is 2.52 bits per heavy atom. The van der Waals surface area contributed by atoms with Crippen molar-refractivity contribution in [1.29, 1.82) is 0 Å². The van der Waals surface area contributed by atoms with Gasteiger partial charge in [0.15, 0.2) is 5.96 Å². The number of nitrogens with zero attached hydrogens (tertiary/aromatic N) is 4. The maximum Gasteiger partial charge on any atom is 0.194 e. The van der Waals surface area contributed by atoms with E-state index in [0.717, 1.165) is 51.6 Å². The number of hydrogen-bond acceptors (Lipinski definition) is 3. The molecule has 1 aliphatic rings. The Balaban J connectivity index is 0.00000312. The predicted octanol–water partition coefficient (Wildman–Crippen LogP) is 2.15. The van der Waals surface area contributed by atoms with E-state index in [1.54, 1.807) is 0 Å². The number of aryl methyl sites for hydroxylation is 1. The average molecular weight is 463 g/mol. The normalized spacial score (nSPS) is 17.3. The van der Waals surface area contributed by atoms with Gasteiger partial charge in [0.25, 0.3) is 0 Å². The summed E-state index contributed by atoms with van der Waals surface area (Å²) >= 11 is 0. The standard InChI is InChI=1S/C18H33N5O.HI/c1-6-19-17(23(5)14-16-8-7-11-22(16)4)20-15-18(21(2)3)9-12-24-13-10-18;/h7-8,11H,6,9-10,12-15H2,1-5H3,(H,19,20);1H. The zero-order valence-corrected chi connectivity index (χ0v) is 18.6. The van der Waals surface area contributed by atoms with Crippen LogP contribution in [0.3, 0.4) is 0 Å². The molecule has 6 nitrogen and oxygen atoms in total. The van der Waals surface area contributed by atoms with Crippen LogP contribution in [0.2, 0.25) is 0 Å². The molecule has 0 radical (unpaired) electrons. The highest BCUT2D eigenvalue weighted by Gasteiger charge is 2.34. The second-order valence-corrected chi connectivity index (χ2v) is 6.87. The second-order valence-electron chi connectivity index (χ2n) is 6.87. The van der Waals surface area contributed by atoms with Crippen molar-refractivity contribution in [3.05, 3.63) is 24.0 Å². The molecule has 1 N–H and O–H groups in total. The number of rotatable bonds is 6. The zero-order valence-electron chi connectivity index (χ0n) is 16.3. The lowest BCUT2D eigenvalue weighted by Crippen LogP contribution is -2.51. The molecule has 1 aromatic heterocycles. The van der Waals surface area contributed by atoms with Crippen LogP contribution in [-0.4, -0.2) is 73.3 Å². The van der Waals surface area contributed by atoms with E-state index in [9.17, 15) is 0 Å². The molecule has 0 atom stereocenters. The summed E-state index contributed by atoms with van der Waals surface area (Å²) in [6.07, 6.45) is 4.14. The molecule has 0 aliphatic carbocycles. The smallest absolute Gasteiger partial charge is 0.194 e. The molecule has 2 heterocycles. The van der Waals surface area contributed by atoms with Gasteiger partial charge in [0, 0.05) is 51.3 Å². The fourth-order valence-corrected chi connectivity index (χ4v) is 3.17. The number of nitrogens with one attached hydrogen (secondary N) is 1. The van der Waals surface area contributed by atoms with E-state index < -0.39 is 0 Å². The first-order valence-corrected chi connectivity index (χ1v) is 8.83. The van der Waals surface area contributed by atoms with Crippen molar-refractivity contribution < 1.29 is 4.74 Å². The molecule has 7 heteroatoms. The van der Waals surface area contributed by atoms with Gasteiger partial charge >= 0.3 is 0 Å². The van der Waals surface area contributed by atoms with Gasteiger partial charge in [0.2, 0.25) is 0 Å². The molecule has 0 saturated carbocycles. The lowest BCUT2D eigenvalue weighted by molar-refractivity contribution is -0.00263.